The second-order valence-corrected chi connectivity index (χ2v) is 8.92. The van der Waals surface area contributed by atoms with E-state index in [2.05, 4.69) is 21.5 Å². The van der Waals surface area contributed by atoms with Crippen molar-refractivity contribution in [3.63, 3.8) is 0 Å². The monoisotopic (exact) mass is 373 g/mol. The Labute approximate surface area is 156 Å². The van der Waals surface area contributed by atoms with Crippen LogP contribution < -0.4 is 9.62 Å². The highest BCUT2D eigenvalue weighted by atomic mass is 32.2. The first kappa shape index (κ1) is 18.7. The van der Waals surface area contributed by atoms with Crippen LogP contribution in [-0.2, 0) is 16.4 Å². The number of hydrogen-bond donors (Lipinski definition) is 1. The number of sulfonamides is 1. The lowest BCUT2D eigenvalue weighted by Crippen LogP contribution is -2.32. The molecule has 0 radical (unpaired) electrons. The topological polar surface area (TPSA) is 62.3 Å². The quantitative estimate of drug-likeness (QED) is 0.804. The Balaban J connectivity index is 1.51. The summed E-state index contributed by atoms with van der Waals surface area (Å²) < 4.78 is 27.1. The lowest BCUT2D eigenvalue weighted by atomic mass is 9.99. The number of hydrogen-bond acceptors (Lipinski definition) is 4. The number of aromatic nitrogens is 1. The minimum Gasteiger partial charge on any atom is -0.370 e. The molecule has 0 aliphatic carbocycles. The number of nitrogens with one attached hydrogen (secondary N) is 1. The van der Waals surface area contributed by atoms with Crippen LogP contribution in [0.5, 0.6) is 0 Å². The molecule has 1 aromatic heterocycles. The van der Waals surface area contributed by atoms with Gasteiger partial charge in [-0.25, -0.2) is 13.4 Å². The van der Waals surface area contributed by atoms with Crippen LogP contribution in [0.25, 0.3) is 0 Å². The molecule has 1 aliphatic rings. The summed E-state index contributed by atoms with van der Waals surface area (Å²) in [6.07, 6.45) is 5.48. The molecule has 1 aromatic carbocycles. The molecule has 1 fully saturated rings. The Morgan fingerprint density at radius 1 is 1.12 bits per heavy atom. The lowest BCUT2D eigenvalue weighted by molar-refractivity contribution is 0.438. The molecular weight excluding hydrogens is 346 g/mol. The first-order chi connectivity index (χ1) is 12.5. The van der Waals surface area contributed by atoms with Gasteiger partial charge in [0.05, 0.1) is 17.6 Å². The number of rotatable bonds is 7. The van der Waals surface area contributed by atoms with Gasteiger partial charge in [0.15, 0.2) is 0 Å². The third-order valence-corrected chi connectivity index (χ3v) is 6.22. The van der Waals surface area contributed by atoms with Crippen LogP contribution in [0.3, 0.4) is 0 Å². The molecule has 2 heterocycles. The lowest BCUT2D eigenvalue weighted by Gasteiger charge is -2.31. The van der Waals surface area contributed by atoms with Crippen molar-refractivity contribution in [2.24, 2.45) is 5.92 Å². The van der Waals surface area contributed by atoms with E-state index in [0.717, 1.165) is 36.7 Å². The van der Waals surface area contributed by atoms with Gasteiger partial charge in [-0.2, -0.15) is 0 Å². The molecule has 2 aromatic rings. The van der Waals surface area contributed by atoms with Gasteiger partial charge in [0, 0.05) is 13.1 Å². The summed E-state index contributed by atoms with van der Waals surface area (Å²) in [5.74, 6) is 1.26. The van der Waals surface area contributed by atoms with E-state index in [9.17, 15) is 8.42 Å². The van der Waals surface area contributed by atoms with Gasteiger partial charge >= 0.3 is 0 Å². The van der Waals surface area contributed by atoms with E-state index >= 15 is 0 Å². The van der Waals surface area contributed by atoms with Gasteiger partial charge < -0.3 is 4.90 Å². The Morgan fingerprint density at radius 2 is 1.85 bits per heavy atom. The molecule has 3 rings (SSSR count). The van der Waals surface area contributed by atoms with Gasteiger partial charge in [0.2, 0.25) is 10.0 Å². The molecule has 140 valence electrons. The van der Waals surface area contributed by atoms with Crippen LogP contribution in [0.2, 0.25) is 0 Å². The van der Waals surface area contributed by atoms with E-state index in [4.69, 9.17) is 0 Å². The van der Waals surface area contributed by atoms with Crippen molar-refractivity contribution >= 4 is 21.5 Å². The maximum Gasteiger partial charge on any atom is 0.233 e. The highest BCUT2D eigenvalue weighted by Crippen LogP contribution is 2.23. The minimum atomic E-state index is -3.38. The van der Waals surface area contributed by atoms with E-state index in [1.165, 1.54) is 12.8 Å². The summed E-state index contributed by atoms with van der Waals surface area (Å²) in [6.45, 7) is 4.35. The molecule has 1 saturated heterocycles. The van der Waals surface area contributed by atoms with Crippen molar-refractivity contribution < 1.29 is 8.42 Å². The third-order valence-electron chi connectivity index (χ3n) is 4.88. The fraction of sp³-hybridized carbons (Fsp3) is 0.450. The normalized spacial score (nSPS) is 15.8. The zero-order valence-electron chi connectivity index (χ0n) is 15.3. The summed E-state index contributed by atoms with van der Waals surface area (Å²) >= 11 is 0. The van der Waals surface area contributed by atoms with Crippen LogP contribution in [0.15, 0.2) is 48.7 Å². The second-order valence-electron chi connectivity index (χ2n) is 7.08. The Hall–Kier alpha value is -2.08. The third kappa shape index (κ3) is 5.46. The smallest absolute Gasteiger partial charge is 0.233 e. The number of aryl methyl sites for hydroxylation is 1. The van der Waals surface area contributed by atoms with E-state index in [-0.39, 0.29) is 5.75 Å². The fourth-order valence-electron chi connectivity index (χ4n) is 3.22. The predicted octanol–water partition coefficient (Wildman–Crippen LogP) is 3.69. The first-order valence-corrected chi connectivity index (χ1v) is 10.9. The molecule has 6 heteroatoms. The van der Waals surface area contributed by atoms with Crippen molar-refractivity contribution in [2.45, 2.75) is 32.6 Å². The van der Waals surface area contributed by atoms with Crippen LogP contribution in [-0.4, -0.2) is 32.2 Å². The Kier molecular flexibility index (Phi) is 6.14. The average Bonchev–Trinajstić information content (AvgIpc) is 2.63. The van der Waals surface area contributed by atoms with E-state index in [1.54, 1.807) is 12.3 Å². The zero-order chi connectivity index (χ0) is 18.4. The van der Waals surface area contributed by atoms with Gasteiger partial charge in [-0.15, -0.1) is 0 Å². The predicted molar refractivity (Wildman–Crippen MR) is 107 cm³/mol. The maximum absolute atomic E-state index is 12.3. The van der Waals surface area contributed by atoms with Crippen LogP contribution in [0.4, 0.5) is 11.5 Å². The van der Waals surface area contributed by atoms with Gasteiger partial charge in [-0.1, -0.05) is 37.3 Å². The SMILES string of the molecule is CC1CCN(c2ccc(NS(=O)(=O)CCCc3ccccc3)nc2)CC1. The van der Waals surface area contributed by atoms with Gasteiger partial charge in [-0.3, -0.25) is 4.72 Å². The van der Waals surface area contributed by atoms with Crippen molar-refractivity contribution in [3.8, 4) is 0 Å². The number of benzene rings is 1. The Bertz CT molecular complexity index is 784. The average molecular weight is 374 g/mol. The maximum atomic E-state index is 12.3. The van der Waals surface area contributed by atoms with Crippen LogP contribution in [0, 0.1) is 5.92 Å². The molecule has 1 aliphatic heterocycles. The van der Waals surface area contributed by atoms with Crippen LogP contribution in [0.1, 0.15) is 31.7 Å². The van der Waals surface area contributed by atoms with Gasteiger partial charge in [-0.05, 0) is 49.3 Å². The minimum absolute atomic E-state index is 0.0926. The highest BCUT2D eigenvalue weighted by Gasteiger charge is 2.17. The first-order valence-electron chi connectivity index (χ1n) is 9.27. The molecule has 26 heavy (non-hydrogen) atoms. The molecule has 0 unspecified atom stereocenters. The molecular formula is C20H27N3O2S. The second kappa shape index (κ2) is 8.54. The van der Waals surface area contributed by atoms with Gasteiger partial charge in [0.1, 0.15) is 5.82 Å². The summed E-state index contributed by atoms with van der Waals surface area (Å²) in [7, 11) is -3.38. The molecule has 1 N–H and O–H groups in total. The van der Waals surface area contributed by atoms with Crippen molar-refractivity contribution in [3.05, 3.63) is 54.2 Å². The number of anilines is 2. The van der Waals surface area contributed by atoms with Gasteiger partial charge in [0.25, 0.3) is 0 Å². The summed E-state index contributed by atoms with van der Waals surface area (Å²) in [5, 5.41) is 0. The van der Waals surface area contributed by atoms with Crippen molar-refractivity contribution in [1.82, 2.24) is 4.98 Å². The number of nitrogens with zero attached hydrogens (tertiary/aromatic N) is 2. The number of piperidine rings is 1. The molecule has 0 spiro atoms. The fourth-order valence-corrected chi connectivity index (χ4v) is 4.29. The van der Waals surface area contributed by atoms with Crippen molar-refractivity contribution in [2.75, 3.05) is 28.5 Å². The standard InChI is InChI=1S/C20H27N3O2S/c1-17-11-13-23(14-12-17)19-9-10-20(21-16-19)22-26(24,25)15-5-8-18-6-3-2-4-7-18/h2-4,6-7,9-10,16-17H,5,8,11-15H2,1H3,(H,21,22). The zero-order valence-corrected chi connectivity index (χ0v) is 16.1. The Morgan fingerprint density at radius 3 is 2.50 bits per heavy atom. The van der Waals surface area contributed by atoms with Crippen LogP contribution >= 0.6 is 0 Å². The molecule has 0 amide bonds. The molecule has 0 atom stereocenters. The molecule has 0 bridgehead atoms. The highest BCUT2D eigenvalue weighted by molar-refractivity contribution is 7.92. The largest absolute Gasteiger partial charge is 0.370 e. The summed E-state index contributed by atoms with van der Waals surface area (Å²) in [5.41, 5.74) is 2.21. The summed E-state index contributed by atoms with van der Waals surface area (Å²) in [6, 6.07) is 13.6. The van der Waals surface area contributed by atoms with E-state index < -0.39 is 10.0 Å². The van der Waals surface area contributed by atoms with E-state index in [1.807, 2.05) is 36.4 Å². The molecule has 5 nitrogen and oxygen atoms in total. The summed E-state index contributed by atoms with van der Waals surface area (Å²) in [4.78, 5) is 6.60. The van der Waals surface area contributed by atoms with Crippen molar-refractivity contribution in [1.29, 1.82) is 0 Å². The number of pyridine rings is 1. The van der Waals surface area contributed by atoms with E-state index in [0.29, 0.717) is 12.2 Å². The molecule has 0 saturated carbocycles.